The fourth-order valence-electron chi connectivity index (χ4n) is 2.00. The molecule has 1 fully saturated rings. The minimum atomic E-state index is -0.921. The Labute approximate surface area is 101 Å². The Bertz CT molecular complexity index is 304. The molecule has 0 bridgehead atoms. The van der Waals surface area contributed by atoms with Gasteiger partial charge in [-0.25, -0.2) is 9.59 Å². The van der Waals surface area contributed by atoms with Crippen molar-refractivity contribution in [2.24, 2.45) is 5.92 Å². The van der Waals surface area contributed by atoms with Crippen LogP contribution in [-0.2, 0) is 4.79 Å². The van der Waals surface area contributed by atoms with Crippen molar-refractivity contribution in [2.45, 2.75) is 32.2 Å². The SMILES string of the molecule is C=CCCNC(=O)N1CCC(C)CC1C(=O)O. The standard InChI is InChI=1S/C12H20N2O3/c1-3-4-6-13-12(17)14-7-5-9(2)8-10(14)11(15)16/h3,9-10H,1,4-8H2,2H3,(H,13,17)(H,15,16). The Morgan fingerprint density at radius 2 is 2.29 bits per heavy atom. The first kappa shape index (κ1) is 13.5. The number of amides is 2. The second kappa shape index (κ2) is 6.27. The van der Waals surface area contributed by atoms with Gasteiger partial charge in [0.05, 0.1) is 0 Å². The van der Waals surface area contributed by atoms with E-state index < -0.39 is 12.0 Å². The highest BCUT2D eigenvalue weighted by molar-refractivity contribution is 5.82. The number of urea groups is 1. The molecule has 1 heterocycles. The van der Waals surface area contributed by atoms with E-state index in [0.29, 0.717) is 31.8 Å². The molecule has 0 saturated carbocycles. The largest absolute Gasteiger partial charge is 0.480 e. The first-order chi connectivity index (χ1) is 8.06. The van der Waals surface area contributed by atoms with Crippen LogP contribution in [-0.4, -0.2) is 41.1 Å². The van der Waals surface area contributed by atoms with Gasteiger partial charge in [-0.05, 0) is 25.2 Å². The molecule has 0 radical (unpaired) electrons. The molecule has 2 unspecified atom stereocenters. The summed E-state index contributed by atoms with van der Waals surface area (Å²) in [5, 5.41) is 11.8. The lowest BCUT2D eigenvalue weighted by molar-refractivity contribution is -0.143. The second-order valence-electron chi connectivity index (χ2n) is 4.49. The van der Waals surface area contributed by atoms with Crippen LogP contribution in [0.15, 0.2) is 12.7 Å². The Balaban J connectivity index is 2.56. The number of hydrogen-bond donors (Lipinski definition) is 2. The van der Waals surface area contributed by atoms with Crippen molar-refractivity contribution < 1.29 is 14.7 Å². The average molecular weight is 240 g/mol. The predicted octanol–water partition coefficient (Wildman–Crippen LogP) is 1.46. The lowest BCUT2D eigenvalue weighted by Gasteiger charge is -2.35. The minimum absolute atomic E-state index is 0.286. The van der Waals surface area contributed by atoms with Crippen LogP contribution in [0.5, 0.6) is 0 Å². The van der Waals surface area contributed by atoms with E-state index in [1.807, 2.05) is 6.92 Å². The van der Waals surface area contributed by atoms with Crippen LogP contribution in [0.1, 0.15) is 26.2 Å². The quantitative estimate of drug-likeness (QED) is 0.577. The number of carboxylic acids is 1. The second-order valence-corrected chi connectivity index (χ2v) is 4.49. The van der Waals surface area contributed by atoms with E-state index in [0.717, 1.165) is 6.42 Å². The van der Waals surface area contributed by atoms with E-state index in [4.69, 9.17) is 5.11 Å². The summed E-state index contributed by atoms with van der Waals surface area (Å²) in [5.41, 5.74) is 0. The predicted molar refractivity (Wildman–Crippen MR) is 64.7 cm³/mol. The van der Waals surface area contributed by atoms with Crippen molar-refractivity contribution in [2.75, 3.05) is 13.1 Å². The average Bonchev–Trinajstić information content (AvgIpc) is 2.29. The molecule has 0 aromatic heterocycles. The molecule has 0 aliphatic carbocycles. The van der Waals surface area contributed by atoms with Crippen LogP contribution < -0.4 is 5.32 Å². The van der Waals surface area contributed by atoms with Crippen LogP contribution >= 0.6 is 0 Å². The van der Waals surface area contributed by atoms with Crippen LogP contribution in [0.2, 0.25) is 0 Å². The zero-order valence-corrected chi connectivity index (χ0v) is 10.2. The Morgan fingerprint density at radius 1 is 1.59 bits per heavy atom. The molecule has 1 rings (SSSR count). The summed E-state index contributed by atoms with van der Waals surface area (Å²) in [6, 6.07) is -0.978. The first-order valence-corrected chi connectivity index (χ1v) is 5.94. The van der Waals surface area contributed by atoms with Gasteiger partial charge in [0.25, 0.3) is 0 Å². The number of hydrogen-bond acceptors (Lipinski definition) is 2. The van der Waals surface area contributed by atoms with Gasteiger partial charge in [-0.3, -0.25) is 0 Å². The number of rotatable bonds is 4. The Hall–Kier alpha value is -1.52. The number of likely N-dealkylation sites (tertiary alicyclic amines) is 1. The van der Waals surface area contributed by atoms with Gasteiger partial charge in [-0.15, -0.1) is 6.58 Å². The van der Waals surface area contributed by atoms with Crippen LogP contribution in [0.4, 0.5) is 4.79 Å². The fourth-order valence-corrected chi connectivity index (χ4v) is 2.00. The molecular weight excluding hydrogens is 220 g/mol. The molecule has 96 valence electrons. The summed E-state index contributed by atoms with van der Waals surface area (Å²) < 4.78 is 0. The number of nitrogens with zero attached hydrogens (tertiary/aromatic N) is 1. The van der Waals surface area contributed by atoms with Crippen LogP contribution in [0, 0.1) is 5.92 Å². The zero-order valence-electron chi connectivity index (χ0n) is 10.2. The molecule has 2 atom stereocenters. The lowest BCUT2D eigenvalue weighted by Crippen LogP contribution is -2.53. The molecule has 0 spiro atoms. The normalized spacial score (nSPS) is 24.2. The molecule has 1 aliphatic heterocycles. The van der Waals surface area contributed by atoms with Crippen LogP contribution in [0.3, 0.4) is 0 Å². The Morgan fingerprint density at radius 3 is 2.88 bits per heavy atom. The lowest BCUT2D eigenvalue weighted by atomic mass is 9.93. The van der Waals surface area contributed by atoms with E-state index in [-0.39, 0.29) is 6.03 Å². The van der Waals surface area contributed by atoms with Crippen molar-refractivity contribution in [3.63, 3.8) is 0 Å². The third kappa shape index (κ3) is 3.76. The summed E-state index contributed by atoms with van der Waals surface area (Å²) in [5.74, 6) is -0.566. The summed E-state index contributed by atoms with van der Waals surface area (Å²) in [6.45, 7) is 6.59. The first-order valence-electron chi connectivity index (χ1n) is 5.94. The fraction of sp³-hybridized carbons (Fsp3) is 0.667. The third-order valence-corrected chi connectivity index (χ3v) is 3.04. The smallest absolute Gasteiger partial charge is 0.326 e. The van der Waals surface area contributed by atoms with Crippen molar-refractivity contribution in [1.29, 1.82) is 0 Å². The van der Waals surface area contributed by atoms with Gasteiger partial charge in [0.1, 0.15) is 6.04 Å². The zero-order chi connectivity index (χ0) is 12.8. The molecule has 2 amide bonds. The number of carbonyl (C=O) groups is 2. The topological polar surface area (TPSA) is 69.6 Å². The monoisotopic (exact) mass is 240 g/mol. The van der Waals surface area contributed by atoms with Crippen molar-refractivity contribution >= 4 is 12.0 Å². The van der Waals surface area contributed by atoms with Crippen molar-refractivity contribution in [3.05, 3.63) is 12.7 Å². The number of carboxylic acid groups (broad SMARTS) is 1. The summed E-state index contributed by atoms with van der Waals surface area (Å²) in [4.78, 5) is 24.3. The molecular formula is C12H20N2O3. The van der Waals surface area contributed by atoms with Crippen molar-refractivity contribution in [3.8, 4) is 0 Å². The van der Waals surface area contributed by atoms with Crippen molar-refractivity contribution in [1.82, 2.24) is 10.2 Å². The third-order valence-electron chi connectivity index (χ3n) is 3.04. The highest BCUT2D eigenvalue weighted by atomic mass is 16.4. The maximum absolute atomic E-state index is 11.8. The van der Waals surface area contributed by atoms with E-state index in [1.165, 1.54) is 4.90 Å². The maximum Gasteiger partial charge on any atom is 0.326 e. The van der Waals surface area contributed by atoms with E-state index in [1.54, 1.807) is 6.08 Å². The highest BCUT2D eigenvalue weighted by Crippen LogP contribution is 2.22. The molecule has 0 aromatic carbocycles. The van der Waals surface area contributed by atoms with E-state index in [9.17, 15) is 9.59 Å². The molecule has 5 nitrogen and oxygen atoms in total. The summed E-state index contributed by atoms with van der Waals surface area (Å²) in [7, 11) is 0. The highest BCUT2D eigenvalue weighted by Gasteiger charge is 2.34. The number of piperidine rings is 1. The Kier molecular flexibility index (Phi) is 5.00. The van der Waals surface area contributed by atoms with Gasteiger partial charge in [0.15, 0.2) is 0 Å². The molecule has 0 aromatic rings. The van der Waals surface area contributed by atoms with Gasteiger partial charge in [0, 0.05) is 13.1 Å². The number of aliphatic carboxylic acids is 1. The number of nitrogens with one attached hydrogen (secondary N) is 1. The maximum atomic E-state index is 11.8. The summed E-state index contributed by atoms with van der Waals surface area (Å²) in [6.07, 6.45) is 3.80. The molecule has 2 N–H and O–H groups in total. The number of carbonyl (C=O) groups excluding carboxylic acids is 1. The van der Waals surface area contributed by atoms with Gasteiger partial charge in [0.2, 0.25) is 0 Å². The van der Waals surface area contributed by atoms with E-state index in [2.05, 4.69) is 11.9 Å². The molecule has 5 heteroatoms. The molecule has 17 heavy (non-hydrogen) atoms. The van der Waals surface area contributed by atoms with Crippen LogP contribution in [0.25, 0.3) is 0 Å². The summed E-state index contributed by atoms with van der Waals surface area (Å²) >= 11 is 0. The van der Waals surface area contributed by atoms with Gasteiger partial charge in [-0.1, -0.05) is 13.0 Å². The van der Waals surface area contributed by atoms with Gasteiger partial charge < -0.3 is 15.3 Å². The molecule has 1 saturated heterocycles. The van der Waals surface area contributed by atoms with E-state index >= 15 is 0 Å². The minimum Gasteiger partial charge on any atom is -0.480 e. The van der Waals surface area contributed by atoms with Gasteiger partial charge >= 0.3 is 12.0 Å². The van der Waals surface area contributed by atoms with Gasteiger partial charge in [-0.2, -0.15) is 0 Å². The molecule has 1 aliphatic rings.